The van der Waals surface area contributed by atoms with E-state index in [1.165, 1.54) is 0 Å². The Morgan fingerprint density at radius 3 is 2.61 bits per heavy atom. The van der Waals surface area contributed by atoms with Gasteiger partial charge in [-0.15, -0.1) is 0 Å². The van der Waals surface area contributed by atoms with E-state index in [4.69, 9.17) is 25.8 Å². The number of benzene rings is 2. The minimum Gasteiger partial charge on any atom is -0.492 e. The van der Waals surface area contributed by atoms with Crippen molar-refractivity contribution < 1.29 is 23.8 Å². The number of ether oxygens (including phenoxy) is 3. The van der Waals surface area contributed by atoms with Crippen molar-refractivity contribution in [2.24, 2.45) is 0 Å². The van der Waals surface area contributed by atoms with E-state index in [0.29, 0.717) is 73.5 Å². The van der Waals surface area contributed by atoms with Crippen LogP contribution in [0.15, 0.2) is 42.5 Å². The van der Waals surface area contributed by atoms with E-state index >= 15 is 0 Å². The van der Waals surface area contributed by atoms with Gasteiger partial charge in [-0.1, -0.05) is 23.7 Å². The topological polar surface area (TPSA) is 68.3 Å². The summed E-state index contributed by atoms with van der Waals surface area (Å²) in [6.45, 7) is 2.91. The van der Waals surface area contributed by atoms with E-state index in [-0.39, 0.29) is 18.6 Å². The van der Waals surface area contributed by atoms with E-state index in [1.807, 2.05) is 23.1 Å². The summed E-state index contributed by atoms with van der Waals surface area (Å²) in [5, 5.41) is 0.563. The molecule has 0 unspecified atom stereocenters. The van der Waals surface area contributed by atoms with Crippen molar-refractivity contribution in [3.8, 4) is 17.2 Å². The van der Waals surface area contributed by atoms with Gasteiger partial charge in [0.05, 0.1) is 11.6 Å². The van der Waals surface area contributed by atoms with Crippen LogP contribution in [0.25, 0.3) is 0 Å². The maximum absolute atomic E-state index is 12.9. The summed E-state index contributed by atoms with van der Waals surface area (Å²) in [6, 6.07) is 12.5. The Labute approximate surface area is 186 Å². The third-order valence-corrected chi connectivity index (χ3v) is 5.70. The second kappa shape index (κ2) is 9.92. The summed E-state index contributed by atoms with van der Waals surface area (Å²) in [7, 11) is 0. The van der Waals surface area contributed by atoms with Crippen LogP contribution >= 0.6 is 11.6 Å². The fourth-order valence-electron chi connectivity index (χ4n) is 3.71. The number of hydrogen-bond acceptors (Lipinski definition) is 5. The SMILES string of the molecule is O=C(CCCOc1ccccc1Cl)N1CCCN(C(=O)c2ccc3c(c2)OCO3)CC1. The Morgan fingerprint density at radius 1 is 0.968 bits per heavy atom. The first-order valence-corrected chi connectivity index (χ1v) is 10.8. The number of carbonyl (C=O) groups excluding carboxylic acids is 2. The van der Waals surface area contributed by atoms with E-state index < -0.39 is 0 Å². The number of halogens is 1. The van der Waals surface area contributed by atoms with Crippen molar-refractivity contribution in [3.05, 3.63) is 53.1 Å². The molecule has 8 heteroatoms. The minimum atomic E-state index is -0.0549. The summed E-state index contributed by atoms with van der Waals surface area (Å²) < 4.78 is 16.3. The highest BCUT2D eigenvalue weighted by Gasteiger charge is 2.24. The normalized spacial score (nSPS) is 15.5. The Bertz CT molecular complexity index is 951. The number of fused-ring (bicyclic) bond motifs is 1. The van der Waals surface area contributed by atoms with E-state index in [1.54, 1.807) is 29.2 Å². The van der Waals surface area contributed by atoms with Crippen LogP contribution in [-0.2, 0) is 4.79 Å². The van der Waals surface area contributed by atoms with Gasteiger partial charge in [-0.05, 0) is 43.2 Å². The number of para-hydroxylation sites is 1. The molecule has 2 aliphatic heterocycles. The average molecular weight is 445 g/mol. The fraction of sp³-hybridized carbons (Fsp3) is 0.391. The van der Waals surface area contributed by atoms with Crippen LogP contribution in [0.3, 0.4) is 0 Å². The zero-order chi connectivity index (χ0) is 21.6. The smallest absolute Gasteiger partial charge is 0.254 e. The number of hydrogen-bond donors (Lipinski definition) is 0. The largest absolute Gasteiger partial charge is 0.492 e. The van der Waals surface area contributed by atoms with Crippen molar-refractivity contribution >= 4 is 23.4 Å². The van der Waals surface area contributed by atoms with Gasteiger partial charge in [0.1, 0.15) is 5.75 Å². The molecule has 0 aliphatic carbocycles. The molecule has 164 valence electrons. The maximum atomic E-state index is 12.9. The molecule has 4 rings (SSSR count). The molecule has 0 bridgehead atoms. The highest BCUT2D eigenvalue weighted by Crippen LogP contribution is 2.33. The van der Waals surface area contributed by atoms with Crippen LogP contribution in [0.2, 0.25) is 5.02 Å². The molecule has 0 aromatic heterocycles. The van der Waals surface area contributed by atoms with Crippen molar-refractivity contribution in [2.75, 3.05) is 39.6 Å². The Morgan fingerprint density at radius 2 is 1.74 bits per heavy atom. The van der Waals surface area contributed by atoms with Gasteiger partial charge in [-0.25, -0.2) is 0 Å². The molecule has 2 heterocycles. The Balaban J connectivity index is 1.24. The molecule has 0 radical (unpaired) electrons. The number of carbonyl (C=O) groups is 2. The highest BCUT2D eigenvalue weighted by atomic mass is 35.5. The van der Waals surface area contributed by atoms with Gasteiger partial charge in [-0.2, -0.15) is 0 Å². The van der Waals surface area contributed by atoms with E-state index in [0.717, 1.165) is 6.42 Å². The molecule has 2 amide bonds. The lowest BCUT2D eigenvalue weighted by Crippen LogP contribution is -2.37. The molecule has 7 nitrogen and oxygen atoms in total. The van der Waals surface area contributed by atoms with E-state index in [2.05, 4.69) is 0 Å². The summed E-state index contributed by atoms with van der Waals surface area (Å²) in [5.74, 6) is 1.91. The van der Waals surface area contributed by atoms with Gasteiger partial charge in [0.25, 0.3) is 5.91 Å². The Kier molecular flexibility index (Phi) is 6.82. The van der Waals surface area contributed by atoms with Crippen LogP contribution in [0.5, 0.6) is 17.2 Å². The standard InChI is InChI=1S/C23H25ClN2O5/c24-18-5-1-2-6-19(18)29-14-3-7-22(27)25-10-4-11-26(13-12-25)23(28)17-8-9-20-21(15-17)31-16-30-20/h1-2,5-6,8-9,15H,3-4,7,10-14,16H2. The van der Waals surface area contributed by atoms with Gasteiger partial charge < -0.3 is 24.0 Å². The van der Waals surface area contributed by atoms with Gasteiger partial charge in [-0.3, -0.25) is 9.59 Å². The van der Waals surface area contributed by atoms with Gasteiger partial charge >= 0.3 is 0 Å². The molecule has 0 saturated carbocycles. The van der Waals surface area contributed by atoms with Crippen molar-refractivity contribution in [2.45, 2.75) is 19.3 Å². The molecule has 2 aromatic rings. The first-order chi connectivity index (χ1) is 15.1. The quantitative estimate of drug-likeness (QED) is 0.637. The van der Waals surface area contributed by atoms with Crippen molar-refractivity contribution in [1.29, 1.82) is 0 Å². The summed E-state index contributed by atoms with van der Waals surface area (Å²) >= 11 is 6.07. The summed E-state index contributed by atoms with van der Waals surface area (Å²) in [5.41, 5.74) is 0.570. The lowest BCUT2D eigenvalue weighted by molar-refractivity contribution is -0.131. The van der Waals surface area contributed by atoms with Crippen LogP contribution < -0.4 is 14.2 Å². The molecule has 1 fully saturated rings. The second-order valence-corrected chi connectivity index (χ2v) is 7.88. The van der Waals surface area contributed by atoms with Crippen molar-refractivity contribution in [1.82, 2.24) is 9.80 Å². The predicted molar refractivity (Wildman–Crippen MR) is 116 cm³/mol. The molecule has 1 saturated heterocycles. The second-order valence-electron chi connectivity index (χ2n) is 7.48. The van der Waals surface area contributed by atoms with Gasteiger partial charge in [0.15, 0.2) is 11.5 Å². The third-order valence-electron chi connectivity index (χ3n) is 5.38. The molecule has 0 atom stereocenters. The van der Waals surface area contributed by atoms with Crippen LogP contribution in [-0.4, -0.2) is 61.2 Å². The summed E-state index contributed by atoms with van der Waals surface area (Å²) in [4.78, 5) is 29.1. The lowest BCUT2D eigenvalue weighted by Gasteiger charge is -2.22. The fourth-order valence-corrected chi connectivity index (χ4v) is 3.90. The molecule has 2 aromatic carbocycles. The third kappa shape index (κ3) is 5.22. The molecule has 2 aliphatic rings. The molecule has 31 heavy (non-hydrogen) atoms. The van der Waals surface area contributed by atoms with Gasteiger partial charge in [0, 0.05) is 38.2 Å². The molecular formula is C23H25ClN2O5. The zero-order valence-corrected chi connectivity index (χ0v) is 18.0. The maximum Gasteiger partial charge on any atom is 0.254 e. The van der Waals surface area contributed by atoms with Crippen LogP contribution in [0.1, 0.15) is 29.6 Å². The summed E-state index contributed by atoms with van der Waals surface area (Å²) in [6.07, 6.45) is 1.76. The number of rotatable bonds is 6. The molecule has 0 spiro atoms. The zero-order valence-electron chi connectivity index (χ0n) is 17.2. The lowest BCUT2D eigenvalue weighted by atomic mass is 10.1. The first-order valence-electron chi connectivity index (χ1n) is 10.5. The Hall–Kier alpha value is -2.93. The van der Waals surface area contributed by atoms with Crippen LogP contribution in [0.4, 0.5) is 0 Å². The molecule has 0 N–H and O–H groups in total. The number of amides is 2. The number of nitrogens with zero attached hydrogens (tertiary/aromatic N) is 2. The van der Waals surface area contributed by atoms with Gasteiger partial charge in [0.2, 0.25) is 12.7 Å². The highest BCUT2D eigenvalue weighted by molar-refractivity contribution is 6.32. The van der Waals surface area contributed by atoms with Crippen LogP contribution in [0, 0.1) is 0 Å². The van der Waals surface area contributed by atoms with Crippen molar-refractivity contribution in [3.63, 3.8) is 0 Å². The first kappa shape index (κ1) is 21.3. The predicted octanol–water partition coefficient (Wildman–Crippen LogP) is 3.60. The molecular weight excluding hydrogens is 420 g/mol. The monoisotopic (exact) mass is 444 g/mol. The minimum absolute atomic E-state index is 0.0549. The average Bonchev–Trinajstić information content (AvgIpc) is 3.11. The van der Waals surface area contributed by atoms with E-state index in [9.17, 15) is 9.59 Å².